The van der Waals surface area contributed by atoms with Gasteiger partial charge in [-0.2, -0.15) is 0 Å². The highest BCUT2D eigenvalue weighted by Gasteiger charge is 2.38. The summed E-state index contributed by atoms with van der Waals surface area (Å²) in [5.41, 5.74) is 2.82. The van der Waals surface area contributed by atoms with Crippen molar-refractivity contribution in [2.24, 2.45) is 0 Å². The lowest BCUT2D eigenvalue weighted by molar-refractivity contribution is -0.143. The van der Waals surface area contributed by atoms with E-state index in [1.54, 1.807) is 6.08 Å². The van der Waals surface area contributed by atoms with E-state index in [9.17, 15) is 19.5 Å². The number of ether oxygens (including phenoxy) is 2. The van der Waals surface area contributed by atoms with Gasteiger partial charge in [0.1, 0.15) is 18.2 Å². The van der Waals surface area contributed by atoms with Crippen molar-refractivity contribution in [1.82, 2.24) is 10.6 Å². The van der Waals surface area contributed by atoms with E-state index in [2.05, 4.69) is 17.2 Å². The average molecular weight is 467 g/mol. The van der Waals surface area contributed by atoms with E-state index in [0.29, 0.717) is 6.42 Å². The predicted molar refractivity (Wildman–Crippen MR) is 127 cm³/mol. The van der Waals surface area contributed by atoms with Crippen LogP contribution in [0.4, 0.5) is 4.79 Å². The second kappa shape index (κ2) is 11.0. The zero-order chi connectivity index (χ0) is 24.7. The molecule has 3 N–H and O–H groups in total. The molecule has 0 saturated carbocycles. The summed E-state index contributed by atoms with van der Waals surface area (Å²) in [6.45, 7) is 4.94. The number of aliphatic carboxylic acids is 1. The first-order valence-corrected chi connectivity index (χ1v) is 11.1. The average Bonchev–Trinajstić information content (AvgIpc) is 3.14. The van der Waals surface area contributed by atoms with Crippen molar-refractivity contribution in [3.8, 4) is 11.1 Å². The fourth-order valence-corrected chi connectivity index (χ4v) is 4.17. The van der Waals surface area contributed by atoms with Crippen LogP contribution in [0.1, 0.15) is 36.8 Å². The number of methoxy groups -OCH3 is 1. The van der Waals surface area contributed by atoms with E-state index in [0.717, 1.165) is 22.3 Å². The van der Waals surface area contributed by atoms with Crippen LogP contribution in [0.15, 0.2) is 61.2 Å². The van der Waals surface area contributed by atoms with Crippen molar-refractivity contribution >= 4 is 18.0 Å². The standard InChI is InChI=1S/C26H30N2O6/c1-4-5-14-22(23(29)30)27-24(31)26(2,16-33-3)28-25(32)34-15-21-19-12-8-6-10-17(19)18-11-7-9-13-20(18)21/h4,6-13,21-22H,1,5,14-16H2,2-3H3,(H,27,31)(H,28,32)(H,29,30). The van der Waals surface area contributed by atoms with Gasteiger partial charge in [-0.15, -0.1) is 6.58 Å². The molecule has 0 bridgehead atoms. The lowest BCUT2D eigenvalue weighted by Crippen LogP contribution is -2.61. The molecular weight excluding hydrogens is 436 g/mol. The number of carboxylic acid groups (broad SMARTS) is 1. The van der Waals surface area contributed by atoms with Crippen LogP contribution < -0.4 is 10.6 Å². The number of fused-ring (bicyclic) bond motifs is 3. The van der Waals surface area contributed by atoms with Gasteiger partial charge in [-0.3, -0.25) is 4.79 Å². The van der Waals surface area contributed by atoms with Gasteiger partial charge in [-0.25, -0.2) is 9.59 Å². The third-order valence-corrected chi connectivity index (χ3v) is 5.92. The molecule has 0 fully saturated rings. The second-order valence-corrected chi connectivity index (χ2v) is 8.45. The van der Waals surface area contributed by atoms with E-state index < -0.39 is 29.6 Å². The van der Waals surface area contributed by atoms with Gasteiger partial charge in [-0.05, 0) is 42.0 Å². The molecule has 0 spiro atoms. The molecule has 0 radical (unpaired) electrons. The van der Waals surface area contributed by atoms with Crippen LogP contribution in [0.5, 0.6) is 0 Å². The molecule has 1 aliphatic rings. The molecular formula is C26H30N2O6. The zero-order valence-corrected chi connectivity index (χ0v) is 19.4. The van der Waals surface area contributed by atoms with Crippen molar-refractivity contribution in [3.63, 3.8) is 0 Å². The largest absolute Gasteiger partial charge is 0.480 e. The molecule has 8 heteroatoms. The van der Waals surface area contributed by atoms with Gasteiger partial charge >= 0.3 is 12.1 Å². The van der Waals surface area contributed by atoms with E-state index in [1.165, 1.54) is 14.0 Å². The Labute approximate surface area is 199 Å². The summed E-state index contributed by atoms with van der Waals surface area (Å²) in [6, 6.07) is 14.8. The van der Waals surface area contributed by atoms with Crippen molar-refractivity contribution in [1.29, 1.82) is 0 Å². The second-order valence-electron chi connectivity index (χ2n) is 8.45. The first kappa shape index (κ1) is 25.0. The third kappa shape index (κ3) is 5.46. The molecule has 2 unspecified atom stereocenters. The summed E-state index contributed by atoms with van der Waals surface area (Å²) < 4.78 is 10.7. The minimum absolute atomic E-state index is 0.0849. The van der Waals surface area contributed by atoms with Gasteiger partial charge in [0.25, 0.3) is 0 Å². The van der Waals surface area contributed by atoms with Gasteiger partial charge < -0.3 is 25.2 Å². The maximum Gasteiger partial charge on any atom is 0.408 e. The van der Waals surface area contributed by atoms with Gasteiger partial charge in [-0.1, -0.05) is 54.6 Å². The molecule has 0 aliphatic heterocycles. The lowest BCUT2D eigenvalue weighted by Gasteiger charge is -2.30. The molecule has 180 valence electrons. The quantitative estimate of drug-likeness (QED) is 0.437. The summed E-state index contributed by atoms with van der Waals surface area (Å²) >= 11 is 0. The molecule has 34 heavy (non-hydrogen) atoms. The molecule has 2 atom stereocenters. The van der Waals surface area contributed by atoms with Crippen molar-refractivity contribution in [2.75, 3.05) is 20.3 Å². The zero-order valence-electron chi connectivity index (χ0n) is 19.4. The highest BCUT2D eigenvalue weighted by Crippen LogP contribution is 2.44. The number of carbonyl (C=O) groups excluding carboxylic acids is 2. The van der Waals surface area contributed by atoms with Crippen LogP contribution >= 0.6 is 0 Å². The normalized spacial score (nSPS) is 14.8. The number of alkyl carbamates (subject to hydrolysis) is 1. The van der Waals surface area contributed by atoms with Crippen LogP contribution in [-0.4, -0.2) is 55.0 Å². The van der Waals surface area contributed by atoms with Crippen molar-refractivity contribution in [3.05, 3.63) is 72.3 Å². The number of rotatable bonds is 11. The SMILES string of the molecule is C=CCCC(NC(=O)C(C)(COC)NC(=O)OCC1c2ccccc2-c2ccccc21)C(=O)O. The van der Waals surface area contributed by atoms with E-state index in [-0.39, 0.29) is 25.6 Å². The van der Waals surface area contributed by atoms with E-state index >= 15 is 0 Å². The maximum absolute atomic E-state index is 12.9. The predicted octanol–water partition coefficient (Wildman–Crippen LogP) is 3.47. The fourth-order valence-electron chi connectivity index (χ4n) is 4.17. The Kier molecular flexibility index (Phi) is 8.07. The Morgan fingerprint density at radius 3 is 2.24 bits per heavy atom. The number of benzene rings is 2. The lowest BCUT2D eigenvalue weighted by atomic mass is 9.98. The molecule has 0 aromatic heterocycles. The van der Waals surface area contributed by atoms with Gasteiger partial charge in [0.2, 0.25) is 5.91 Å². The Morgan fingerprint density at radius 2 is 1.71 bits per heavy atom. The Balaban J connectivity index is 1.68. The number of hydrogen-bond donors (Lipinski definition) is 3. The van der Waals surface area contributed by atoms with E-state index in [1.807, 2.05) is 48.5 Å². The van der Waals surface area contributed by atoms with Crippen molar-refractivity contribution in [2.45, 2.75) is 37.3 Å². The minimum atomic E-state index is -1.53. The highest BCUT2D eigenvalue weighted by atomic mass is 16.5. The topological polar surface area (TPSA) is 114 Å². The summed E-state index contributed by atoms with van der Waals surface area (Å²) in [5.74, 6) is -1.98. The van der Waals surface area contributed by atoms with Crippen molar-refractivity contribution < 1.29 is 29.0 Å². The molecule has 2 aromatic rings. The number of hydrogen-bond acceptors (Lipinski definition) is 5. The molecule has 3 rings (SSSR count). The number of carbonyl (C=O) groups is 3. The fraction of sp³-hybridized carbons (Fsp3) is 0.346. The number of nitrogens with one attached hydrogen (secondary N) is 2. The first-order valence-electron chi connectivity index (χ1n) is 11.1. The summed E-state index contributed by atoms with van der Waals surface area (Å²) in [4.78, 5) is 37.1. The first-order chi connectivity index (χ1) is 16.3. The van der Waals surface area contributed by atoms with Gasteiger partial charge in [0, 0.05) is 13.0 Å². The molecule has 0 saturated heterocycles. The molecule has 2 aromatic carbocycles. The Hall–Kier alpha value is -3.65. The smallest absolute Gasteiger partial charge is 0.408 e. The molecule has 0 heterocycles. The van der Waals surface area contributed by atoms with Crippen LogP contribution in [-0.2, 0) is 19.1 Å². The van der Waals surface area contributed by atoms with Crippen LogP contribution in [0.25, 0.3) is 11.1 Å². The van der Waals surface area contributed by atoms with Gasteiger partial charge in [0.15, 0.2) is 0 Å². The molecule has 2 amide bonds. The number of allylic oxidation sites excluding steroid dienone is 1. The summed E-state index contributed by atoms with van der Waals surface area (Å²) in [7, 11) is 1.39. The Bertz CT molecular complexity index is 1020. The number of amides is 2. The highest BCUT2D eigenvalue weighted by molar-refractivity contribution is 5.92. The van der Waals surface area contributed by atoms with E-state index in [4.69, 9.17) is 9.47 Å². The third-order valence-electron chi connectivity index (χ3n) is 5.92. The summed E-state index contributed by atoms with van der Waals surface area (Å²) in [6.07, 6.45) is 1.37. The van der Waals surface area contributed by atoms with Crippen LogP contribution in [0, 0.1) is 0 Å². The summed E-state index contributed by atoms with van der Waals surface area (Å²) in [5, 5.41) is 14.4. The van der Waals surface area contributed by atoms with Gasteiger partial charge in [0.05, 0.1) is 6.61 Å². The van der Waals surface area contributed by atoms with Crippen LogP contribution in [0.3, 0.4) is 0 Å². The Morgan fingerprint density at radius 1 is 1.12 bits per heavy atom. The molecule has 8 nitrogen and oxygen atoms in total. The monoisotopic (exact) mass is 466 g/mol. The molecule has 1 aliphatic carbocycles. The number of carboxylic acids is 1. The van der Waals surface area contributed by atoms with Crippen LogP contribution in [0.2, 0.25) is 0 Å². The minimum Gasteiger partial charge on any atom is -0.480 e. The maximum atomic E-state index is 12.9.